The molecule has 1 heterocycles. The molecule has 3 rings (SSSR count). The first-order chi connectivity index (χ1) is 15.8. The van der Waals surface area contributed by atoms with E-state index < -0.39 is 0 Å². The molecule has 1 aliphatic carbocycles. The third kappa shape index (κ3) is 9.06. The zero-order valence-corrected chi connectivity index (χ0v) is 20.9. The molecule has 1 aliphatic heterocycles. The van der Waals surface area contributed by atoms with Crippen LogP contribution in [0, 0.1) is 17.8 Å². The van der Waals surface area contributed by atoms with E-state index in [1.54, 1.807) is 0 Å². The molecular formula is C29H48O3. The summed E-state index contributed by atoms with van der Waals surface area (Å²) in [6.07, 6.45) is 18.7. The van der Waals surface area contributed by atoms with Crippen molar-refractivity contribution >= 4 is 0 Å². The van der Waals surface area contributed by atoms with Crippen molar-refractivity contribution in [2.24, 2.45) is 17.8 Å². The molecule has 0 atom stereocenters. The molecule has 0 amide bonds. The van der Waals surface area contributed by atoms with Crippen LogP contribution in [0.15, 0.2) is 24.3 Å². The standard InChI is InChI=1S/C29H48O3/c1-3-5-6-7-8-11-26-22-31-29(32-23-26)27-17-19-28(20-18-27)30-21-9-12-25-15-13-24(10-4-2)14-16-25/h17-20,24-26,29H,3-16,21-23H2,1-2H3/t24-,25-,26-,29-. The Hall–Kier alpha value is -1.06. The smallest absolute Gasteiger partial charge is 0.183 e. The second-order valence-electron chi connectivity index (χ2n) is 10.3. The molecule has 2 fully saturated rings. The number of rotatable bonds is 14. The molecule has 1 saturated carbocycles. The SMILES string of the molecule is CCCCCCC[C@H]1CO[C@H](c2ccc(OCCC[C@H]3CC[C@H](CCC)CC3)cc2)OC1. The Kier molecular flexibility index (Phi) is 12.0. The van der Waals surface area contributed by atoms with Crippen molar-refractivity contribution in [1.82, 2.24) is 0 Å². The van der Waals surface area contributed by atoms with Gasteiger partial charge in [-0.15, -0.1) is 0 Å². The Labute approximate surface area is 197 Å². The van der Waals surface area contributed by atoms with Crippen LogP contribution in [-0.2, 0) is 9.47 Å². The van der Waals surface area contributed by atoms with Gasteiger partial charge in [0.05, 0.1) is 19.8 Å². The Bertz CT molecular complexity index is 583. The van der Waals surface area contributed by atoms with Crippen LogP contribution in [0.5, 0.6) is 5.75 Å². The predicted octanol–water partition coefficient (Wildman–Crippen LogP) is 8.47. The van der Waals surface area contributed by atoms with E-state index in [0.717, 1.165) is 43.0 Å². The van der Waals surface area contributed by atoms with E-state index in [4.69, 9.17) is 14.2 Å². The van der Waals surface area contributed by atoms with E-state index in [-0.39, 0.29) is 6.29 Å². The summed E-state index contributed by atoms with van der Waals surface area (Å²) in [7, 11) is 0. The van der Waals surface area contributed by atoms with E-state index >= 15 is 0 Å². The van der Waals surface area contributed by atoms with E-state index in [0.29, 0.717) is 5.92 Å². The highest BCUT2D eigenvalue weighted by Crippen LogP contribution is 2.34. The van der Waals surface area contributed by atoms with Gasteiger partial charge in [-0.05, 0) is 43.2 Å². The minimum atomic E-state index is -0.219. The zero-order valence-electron chi connectivity index (χ0n) is 20.9. The predicted molar refractivity (Wildman–Crippen MR) is 133 cm³/mol. The second-order valence-corrected chi connectivity index (χ2v) is 10.3. The van der Waals surface area contributed by atoms with Crippen LogP contribution in [0.4, 0.5) is 0 Å². The van der Waals surface area contributed by atoms with E-state index in [9.17, 15) is 0 Å². The number of benzene rings is 1. The Morgan fingerprint density at radius 2 is 1.31 bits per heavy atom. The van der Waals surface area contributed by atoms with E-state index in [1.165, 1.54) is 89.9 Å². The van der Waals surface area contributed by atoms with Crippen molar-refractivity contribution in [3.05, 3.63) is 29.8 Å². The number of hydrogen-bond donors (Lipinski definition) is 0. The normalized spacial score (nSPS) is 26.2. The van der Waals surface area contributed by atoms with Gasteiger partial charge in [-0.1, -0.05) is 96.6 Å². The van der Waals surface area contributed by atoms with Crippen molar-refractivity contribution in [3.8, 4) is 5.75 Å². The first-order valence-corrected chi connectivity index (χ1v) is 13.7. The third-order valence-electron chi connectivity index (χ3n) is 7.52. The van der Waals surface area contributed by atoms with Crippen LogP contribution in [0.3, 0.4) is 0 Å². The van der Waals surface area contributed by atoms with Crippen molar-refractivity contribution in [1.29, 1.82) is 0 Å². The summed E-state index contributed by atoms with van der Waals surface area (Å²) < 4.78 is 18.0. The fourth-order valence-corrected chi connectivity index (χ4v) is 5.44. The molecule has 0 N–H and O–H groups in total. The quantitative estimate of drug-likeness (QED) is 0.269. The average molecular weight is 445 g/mol. The molecule has 0 unspecified atom stereocenters. The van der Waals surface area contributed by atoms with Crippen molar-refractivity contribution in [2.45, 2.75) is 110 Å². The third-order valence-corrected chi connectivity index (χ3v) is 7.52. The summed E-state index contributed by atoms with van der Waals surface area (Å²) >= 11 is 0. The Balaban J connectivity index is 1.26. The van der Waals surface area contributed by atoms with Gasteiger partial charge in [-0.2, -0.15) is 0 Å². The maximum atomic E-state index is 6.02. The average Bonchev–Trinajstić information content (AvgIpc) is 2.84. The minimum absolute atomic E-state index is 0.219. The summed E-state index contributed by atoms with van der Waals surface area (Å²) in [5.74, 6) is 3.44. The lowest BCUT2D eigenvalue weighted by Gasteiger charge is -2.29. The summed E-state index contributed by atoms with van der Waals surface area (Å²) in [4.78, 5) is 0. The second kappa shape index (κ2) is 15.0. The lowest BCUT2D eigenvalue weighted by Crippen LogP contribution is -2.27. The first-order valence-electron chi connectivity index (χ1n) is 13.7. The van der Waals surface area contributed by atoms with E-state index in [2.05, 4.69) is 38.1 Å². The van der Waals surface area contributed by atoms with Crippen LogP contribution in [-0.4, -0.2) is 19.8 Å². The number of hydrogen-bond acceptors (Lipinski definition) is 3. The molecule has 0 bridgehead atoms. The van der Waals surface area contributed by atoms with Crippen molar-refractivity contribution < 1.29 is 14.2 Å². The van der Waals surface area contributed by atoms with Crippen LogP contribution in [0.1, 0.15) is 116 Å². The highest BCUT2D eigenvalue weighted by Gasteiger charge is 2.23. The van der Waals surface area contributed by atoms with Crippen LogP contribution in [0.2, 0.25) is 0 Å². The van der Waals surface area contributed by atoms with Gasteiger partial charge in [0.1, 0.15) is 5.75 Å². The Morgan fingerprint density at radius 1 is 0.688 bits per heavy atom. The molecule has 3 nitrogen and oxygen atoms in total. The summed E-state index contributed by atoms with van der Waals surface area (Å²) in [5, 5.41) is 0. The molecular weight excluding hydrogens is 396 g/mol. The minimum Gasteiger partial charge on any atom is -0.494 e. The molecule has 32 heavy (non-hydrogen) atoms. The van der Waals surface area contributed by atoms with Gasteiger partial charge in [0.2, 0.25) is 0 Å². The lowest BCUT2D eigenvalue weighted by atomic mass is 9.78. The molecule has 0 spiro atoms. The largest absolute Gasteiger partial charge is 0.494 e. The van der Waals surface area contributed by atoms with Gasteiger partial charge in [-0.3, -0.25) is 0 Å². The van der Waals surface area contributed by atoms with Gasteiger partial charge >= 0.3 is 0 Å². The molecule has 1 saturated heterocycles. The first kappa shape index (κ1) is 25.6. The maximum Gasteiger partial charge on any atom is 0.183 e. The van der Waals surface area contributed by atoms with Gasteiger partial charge < -0.3 is 14.2 Å². The number of ether oxygens (including phenoxy) is 3. The topological polar surface area (TPSA) is 27.7 Å². The number of unbranched alkanes of at least 4 members (excludes halogenated alkanes) is 4. The molecule has 2 aliphatic rings. The summed E-state index contributed by atoms with van der Waals surface area (Å²) in [6.45, 7) is 7.04. The molecule has 182 valence electrons. The van der Waals surface area contributed by atoms with Crippen LogP contribution < -0.4 is 4.74 Å². The maximum absolute atomic E-state index is 6.02. The van der Waals surface area contributed by atoms with Crippen LogP contribution >= 0.6 is 0 Å². The van der Waals surface area contributed by atoms with Crippen LogP contribution in [0.25, 0.3) is 0 Å². The molecule has 3 heteroatoms. The highest BCUT2D eigenvalue weighted by molar-refractivity contribution is 5.28. The lowest BCUT2D eigenvalue weighted by molar-refractivity contribution is -0.206. The van der Waals surface area contributed by atoms with Gasteiger partial charge in [0.15, 0.2) is 6.29 Å². The highest BCUT2D eigenvalue weighted by atomic mass is 16.7. The van der Waals surface area contributed by atoms with Gasteiger partial charge in [-0.25, -0.2) is 0 Å². The van der Waals surface area contributed by atoms with Gasteiger partial charge in [0.25, 0.3) is 0 Å². The Morgan fingerprint density at radius 3 is 1.97 bits per heavy atom. The fraction of sp³-hybridized carbons (Fsp3) is 0.793. The summed E-state index contributed by atoms with van der Waals surface area (Å²) in [5.41, 5.74) is 1.10. The molecule has 0 radical (unpaired) electrons. The molecule has 1 aromatic carbocycles. The molecule has 1 aromatic rings. The van der Waals surface area contributed by atoms with E-state index in [1.807, 2.05) is 0 Å². The zero-order chi connectivity index (χ0) is 22.4. The van der Waals surface area contributed by atoms with Gasteiger partial charge in [0, 0.05) is 11.5 Å². The van der Waals surface area contributed by atoms with Crippen molar-refractivity contribution in [2.75, 3.05) is 19.8 Å². The summed E-state index contributed by atoms with van der Waals surface area (Å²) in [6, 6.07) is 8.33. The fourth-order valence-electron chi connectivity index (χ4n) is 5.44. The molecule has 0 aromatic heterocycles. The van der Waals surface area contributed by atoms with Crippen molar-refractivity contribution in [3.63, 3.8) is 0 Å². The monoisotopic (exact) mass is 444 g/mol.